The lowest BCUT2D eigenvalue weighted by molar-refractivity contribution is -0.128. The molecule has 0 radical (unpaired) electrons. The highest BCUT2D eigenvalue weighted by molar-refractivity contribution is 14.1. The van der Waals surface area contributed by atoms with E-state index in [2.05, 4.69) is 0 Å². The van der Waals surface area contributed by atoms with Gasteiger partial charge in [-0.2, -0.15) is 0 Å². The number of rotatable bonds is 1. The summed E-state index contributed by atoms with van der Waals surface area (Å²) in [5, 5.41) is 0. The molecule has 0 aromatic heterocycles. The maximum absolute atomic E-state index is 12.5. The van der Waals surface area contributed by atoms with Crippen molar-refractivity contribution in [1.29, 1.82) is 0 Å². The number of carbonyl (C=O) groups is 1. The van der Waals surface area contributed by atoms with Crippen molar-refractivity contribution in [3.8, 4) is 0 Å². The first kappa shape index (κ1) is 9.15. The lowest BCUT2D eigenvalue weighted by Crippen LogP contribution is -2.31. The zero-order valence-corrected chi connectivity index (χ0v) is 7.98. The van der Waals surface area contributed by atoms with Gasteiger partial charge in [-0.05, 0) is 0 Å². The highest BCUT2D eigenvalue weighted by Crippen LogP contribution is 2.26. The summed E-state index contributed by atoms with van der Waals surface area (Å²) in [6, 6.07) is 0. The van der Waals surface area contributed by atoms with Crippen LogP contribution in [0.2, 0.25) is 0 Å². The van der Waals surface area contributed by atoms with Gasteiger partial charge in [-0.25, -0.2) is 8.78 Å². The number of carbonyl (C=O) groups excluding carboxylic acids is 1. The SMILES string of the molecule is O=C(CI)N1CCC(F)(F)C1. The fraction of sp³-hybridized carbons (Fsp3) is 0.833. The minimum absolute atomic E-state index is 0.185. The molecule has 2 nitrogen and oxygen atoms in total. The molecule has 0 N–H and O–H groups in total. The molecule has 1 fully saturated rings. The second-order valence-corrected chi connectivity index (χ2v) is 3.32. The molecule has 0 unspecified atom stereocenters. The van der Waals surface area contributed by atoms with E-state index < -0.39 is 12.5 Å². The minimum Gasteiger partial charge on any atom is -0.336 e. The van der Waals surface area contributed by atoms with Crippen molar-refractivity contribution >= 4 is 28.5 Å². The highest BCUT2D eigenvalue weighted by atomic mass is 127. The summed E-state index contributed by atoms with van der Waals surface area (Å²) in [5.41, 5.74) is 0. The molecule has 64 valence electrons. The monoisotopic (exact) mass is 275 g/mol. The molecule has 0 spiro atoms. The topological polar surface area (TPSA) is 20.3 Å². The summed E-state index contributed by atoms with van der Waals surface area (Å²) in [4.78, 5) is 12.1. The van der Waals surface area contributed by atoms with E-state index in [1.807, 2.05) is 22.6 Å². The number of halogens is 3. The molecule has 1 rings (SSSR count). The lowest BCUT2D eigenvalue weighted by Gasteiger charge is -2.13. The van der Waals surface area contributed by atoms with Crippen LogP contribution in [0.4, 0.5) is 8.78 Å². The Bertz CT molecular complexity index is 174. The zero-order valence-electron chi connectivity index (χ0n) is 5.82. The van der Waals surface area contributed by atoms with E-state index in [4.69, 9.17) is 0 Å². The normalized spacial score (nSPS) is 22.3. The van der Waals surface area contributed by atoms with Gasteiger partial charge in [0.15, 0.2) is 0 Å². The average Bonchev–Trinajstić information content (AvgIpc) is 2.29. The lowest BCUT2D eigenvalue weighted by atomic mass is 10.3. The van der Waals surface area contributed by atoms with Gasteiger partial charge in [0.1, 0.15) is 0 Å². The van der Waals surface area contributed by atoms with Crippen LogP contribution in [-0.2, 0) is 4.79 Å². The van der Waals surface area contributed by atoms with Gasteiger partial charge in [0.25, 0.3) is 5.92 Å². The second-order valence-electron chi connectivity index (χ2n) is 2.55. The van der Waals surface area contributed by atoms with Crippen molar-refractivity contribution < 1.29 is 13.6 Å². The van der Waals surface area contributed by atoms with E-state index in [0.717, 1.165) is 0 Å². The third-order valence-corrected chi connectivity index (χ3v) is 2.29. The van der Waals surface area contributed by atoms with Gasteiger partial charge < -0.3 is 4.90 Å². The van der Waals surface area contributed by atoms with E-state index in [-0.39, 0.29) is 23.3 Å². The number of nitrogens with zero attached hydrogens (tertiary/aromatic N) is 1. The standard InChI is InChI=1S/C6H8F2INO/c7-6(8)1-2-10(4-6)5(11)3-9/h1-4H2. The maximum Gasteiger partial charge on any atom is 0.267 e. The fourth-order valence-corrected chi connectivity index (χ4v) is 1.52. The van der Waals surface area contributed by atoms with Crippen molar-refractivity contribution in [2.75, 3.05) is 17.5 Å². The van der Waals surface area contributed by atoms with Crippen LogP contribution in [0, 0.1) is 0 Å². The highest BCUT2D eigenvalue weighted by Gasteiger charge is 2.39. The summed E-state index contributed by atoms with van der Waals surface area (Å²) >= 11 is 1.88. The van der Waals surface area contributed by atoms with Gasteiger partial charge in [0.2, 0.25) is 5.91 Å². The first-order valence-corrected chi connectivity index (χ1v) is 4.79. The Labute approximate surface area is 77.1 Å². The summed E-state index contributed by atoms with van der Waals surface area (Å²) in [6.07, 6.45) is -0.185. The van der Waals surface area contributed by atoms with Crippen LogP contribution in [0.15, 0.2) is 0 Å². The molecule has 5 heteroatoms. The summed E-state index contributed by atoms with van der Waals surface area (Å²) in [7, 11) is 0. The van der Waals surface area contributed by atoms with E-state index >= 15 is 0 Å². The Balaban J connectivity index is 2.48. The van der Waals surface area contributed by atoms with Crippen LogP contribution in [0.1, 0.15) is 6.42 Å². The van der Waals surface area contributed by atoms with Gasteiger partial charge in [-0.3, -0.25) is 4.79 Å². The molecule has 1 heterocycles. The number of likely N-dealkylation sites (tertiary alicyclic amines) is 1. The van der Waals surface area contributed by atoms with Gasteiger partial charge in [-0.15, -0.1) is 0 Å². The Morgan fingerprint density at radius 1 is 1.64 bits per heavy atom. The number of amides is 1. The molecule has 1 amide bonds. The third-order valence-electron chi connectivity index (χ3n) is 1.64. The molecule has 0 aromatic carbocycles. The van der Waals surface area contributed by atoms with Crippen molar-refractivity contribution in [1.82, 2.24) is 4.90 Å². The van der Waals surface area contributed by atoms with Gasteiger partial charge in [0.05, 0.1) is 11.0 Å². The van der Waals surface area contributed by atoms with Crippen LogP contribution >= 0.6 is 22.6 Å². The Morgan fingerprint density at radius 3 is 2.64 bits per heavy atom. The average molecular weight is 275 g/mol. The van der Waals surface area contributed by atoms with Crippen molar-refractivity contribution in [2.45, 2.75) is 12.3 Å². The molecular formula is C6H8F2INO. The molecule has 0 bridgehead atoms. The summed E-state index contributed by atoms with van der Waals surface area (Å²) in [6.45, 7) is -0.191. The smallest absolute Gasteiger partial charge is 0.267 e. The molecule has 1 aliphatic heterocycles. The van der Waals surface area contributed by atoms with Crippen LogP contribution in [0.25, 0.3) is 0 Å². The third kappa shape index (κ3) is 2.25. The van der Waals surface area contributed by atoms with E-state index in [1.165, 1.54) is 4.90 Å². The number of hydrogen-bond donors (Lipinski definition) is 0. The first-order chi connectivity index (χ1) is 5.05. The van der Waals surface area contributed by atoms with E-state index in [1.54, 1.807) is 0 Å². The second kappa shape index (κ2) is 3.20. The van der Waals surface area contributed by atoms with E-state index in [9.17, 15) is 13.6 Å². The van der Waals surface area contributed by atoms with Crippen molar-refractivity contribution in [3.05, 3.63) is 0 Å². The minimum atomic E-state index is -2.65. The predicted molar refractivity (Wildman–Crippen MR) is 45.0 cm³/mol. The Morgan fingerprint density at radius 2 is 2.27 bits per heavy atom. The molecule has 0 aromatic rings. The molecule has 1 saturated heterocycles. The zero-order chi connectivity index (χ0) is 8.48. The molecule has 11 heavy (non-hydrogen) atoms. The quantitative estimate of drug-likeness (QED) is 0.521. The molecule has 0 saturated carbocycles. The molecule has 1 aliphatic rings. The van der Waals surface area contributed by atoms with Crippen LogP contribution in [-0.4, -0.2) is 34.2 Å². The number of hydrogen-bond acceptors (Lipinski definition) is 1. The maximum atomic E-state index is 12.5. The molecular weight excluding hydrogens is 267 g/mol. The van der Waals surface area contributed by atoms with E-state index in [0.29, 0.717) is 0 Å². The largest absolute Gasteiger partial charge is 0.336 e. The van der Waals surface area contributed by atoms with Crippen LogP contribution in [0.3, 0.4) is 0 Å². The summed E-state index contributed by atoms with van der Waals surface area (Å²) < 4.78 is 25.3. The van der Waals surface area contributed by atoms with Crippen LogP contribution in [0.5, 0.6) is 0 Å². The first-order valence-electron chi connectivity index (χ1n) is 3.27. The van der Waals surface area contributed by atoms with Gasteiger partial charge in [-0.1, -0.05) is 22.6 Å². The summed E-state index contributed by atoms with van der Waals surface area (Å²) in [5.74, 6) is -2.84. The number of alkyl halides is 3. The van der Waals surface area contributed by atoms with Gasteiger partial charge in [0, 0.05) is 13.0 Å². The predicted octanol–water partition coefficient (Wildman–Crippen LogP) is 1.29. The van der Waals surface area contributed by atoms with Crippen LogP contribution < -0.4 is 0 Å². The molecule has 0 atom stereocenters. The Hall–Kier alpha value is 0.0600. The van der Waals surface area contributed by atoms with Crippen molar-refractivity contribution in [3.63, 3.8) is 0 Å². The Kier molecular flexibility index (Phi) is 2.66. The molecule has 0 aliphatic carbocycles. The fourth-order valence-electron chi connectivity index (χ4n) is 1.03. The van der Waals surface area contributed by atoms with Crippen molar-refractivity contribution in [2.24, 2.45) is 0 Å². The van der Waals surface area contributed by atoms with Gasteiger partial charge >= 0.3 is 0 Å².